The molecular formula is C11H15O2P. The quantitative estimate of drug-likeness (QED) is 0.701. The Morgan fingerprint density at radius 3 is 2.21 bits per heavy atom. The van der Waals surface area contributed by atoms with Gasteiger partial charge in [-0.2, -0.15) is 0 Å². The Balaban J connectivity index is 2.28. The molecule has 0 N–H and O–H groups in total. The van der Waals surface area contributed by atoms with Gasteiger partial charge in [0, 0.05) is 17.6 Å². The summed E-state index contributed by atoms with van der Waals surface area (Å²) in [5.41, 5.74) is 0. The highest BCUT2D eigenvalue weighted by molar-refractivity contribution is 7.71. The van der Waals surface area contributed by atoms with E-state index in [1.165, 1.54) is 0 Å². The molecule has 1 fully saturated rings. The molecule has 0 atom stereocenters. The standard InChI is InChI=1S/C11H15O2P/c1-13-10-4-6-11(7-5-10)14(12)8-2-3-9-14/h4-7H,2-3,8-9H2,1H3. The van der Waals surface area contributed by atoms with Crippen LogP contribution in [-0.2, 0) is 4.57 Å². The van der Waals surface area contributed by atoms with Crippen LogP contribution >= 0.6 is 7.14 Å². The van der Waals surface area contributed by atoms with Crippen LogP contribution in [0.5, 0.6) is 5.75 Å². The monoisotopic (exact) mass is 210 g/mol. The average molecular weight is 210 g/mol. The third-order valence-electron chi connectivity index (χ3n) is 2.83. The lowest BCUT2D eigenvalue weighted by atomic mass is 10.3. The zero-order chi connectivity index (χ0) is 10.0. The molecule has 1 aromatic rings. The van der Waals surface area contributed by atoms with Crippen molar-refractivity contribution in [2.75, 3.05) is 19.4 Å². The molecule has 0 radical (unpaired) electrons. The van der Waals surface area contributed by atoms with Gasteiger partial charge in [-0.1, -0.05) is 0 Å². The van der Waals surface area contributed by atoms with E-state index in [9.17, 15) is 4.57 Å². The van der Waals surface area contributed by atoms with Crippen LogP contribution in [0.2, 0.25) is 0 Å². The molecule has 1 saturated heterocycles. The number of hydrogen-bond acceptors (Lipinski definition) is 2. The predicted molar refractivity (Wildman–Crippen MR) is 59.2 cm³/mol. The van der Waals surface area contributed by atoms with Crippen molar-refractivity contribution < 1.29 is 9.30 Å². The van der Waals surface area contributed by atoms with Crippen LogP contribution in [0.15, 0.2) is 24.3 Å². The summed E-state index contributed by atoms with van der Waals surface area (Å²) in [5.74, 6) is 0.833. The van der Waals surface area contributed by atoms with Crippen molar-refractivity contribution in [3.05, 3.63) is 24.3 Å². The Kier molecular flexibility index (Phi) is 2.64. The van der Waals surface area contributed by atoms with Crippen molar-refractivity contribution in [2.45, 2.75) is 12.8 Å². The van der Waals surface area contributed by atoms with Crippen molar-refractivity contribution in [3.63, 3.8) is 0 Å². The van der Waals surface area contributed by atoms with E-state index in [0.29, 0.717) is 0 Å². The molecule has 2 nitrogen and oxygen atoms in total. The van der Waals surface area contributed by atoms with E-state index in [0.717, 1.165) is 36.2 Å². The molecule has 1 aromatic carbocycles. The molecule has 1 heterocycles. The predicted octanol–water partition coefficient (Wildman–Crippen LogP) is 2.48. The second-order valence-electron chi connectivity index (χ2n) is 3.74. The van der Waals surface area contributed by atoms with Crippen molar-refractivity contribution in [1.82, 2.24) is 0 Å². The zero-order valence-electron chi connectivity index (χ0n) is 8.40. The second-order valence-corrected chi connectivity index (χ2v) is 6.93. The largest absolute Gasteiger partial charge is 0.497 e. The van der Waals surface area contributed by atoms with Crippen LogP contribution in [0.3, 0.4) is 0 Å². The molecule has 0 unspecified atom stereocenters. The number of hydrogen-bond donors (Lipinski definition) is 0. The van der Waals surface area contributed by atoms with Crippen LogP contribution < -0.4 is 10.0 Å². The molecule has 0 saturated carbocycles. The number of methoxy groups -OCH3 is 1. The maximum atomic E-state index is 12.4. The minimum absolute atomic E-state index is 0.833. The van der Waals surface area contributed by atoms with Gasteiger partial charge in [0.1, 0.15) is 12.9 Å². The first-order valence-corrected chi connectivity index (χ1v) is 7.05. The minimum Gasteiger partial charge on any atom is -0.497 e. The topological polar surface area (TPSA) is 26.3 Å². The smallest absolute Gasteiger partial charge is 0.118 e. The summed E-state index contributed by atoms with van der Waals surface area (Å²) in [6.45, 7) is 0. The van der Waals surface area contributed by atoms with Gasteiger partial charge in [-0.15, -0.1) is 0 Å². The summed E-state index contributed by atoms with van der Waals surface area (Å²) in [7, 11) is -0.363. The molecule has 14 heavy (non-hydrogen) atoms. The highest BCUT2D eigenvalue weighted by Gasteiger charge is 2.28. The fourth-order valence-corrected chi connectivity index (χ4v) is 4.86. The van der Waals surface area contributed by atoms with Crippen LogP contribution in [-0.4, -0.2) is 19.4 Å². The molecule has 1 aliphatic rings. The molecule has 0 bridgehead atoms. The van der Waals surface area contributed by atoms with E-state index in [2.05, 4.69) is 0 Å². The van der Waals surface area contributed by atoms with Crippen molar-refractivity contribution >= 4 is 12.4 Å². The van der Waals surface area contributed by atoms with Gasteiger partial charge in [0.25, 0.3) is 0 Å². The number of rotatable bonds is 2. The molecule has 76 valence electrons. The van der Waals surface area contributed by atoms with E-state index in [4.69, 9.17) is 4.74 Å². The van der Waals surface area contributed by atoms with Crippen molar-refractivity contribution in [2.24, 2.45) is 0 Å². The average Bonchev–Trinajstić information content (AvgIpc) is 2.67. The SMILES string of the molecule is COc1ccc(P2(=O)CCCC2)cc1. The summed E-state index contributed by atoms with van der Waals surface area (Å²) in [4.78, 5) is 0. The minimum atomic E-state index is -2.01. The normalized spacial score (nSPS) is 19.5. The van der Waals surface area contributed by atoms with Crippen molar-refractivity contribution in [1.29, 1.82) is 0 Å². The first-order valence-electron chi connectivity index (χ1n) is 4.97. The zero-order valence-corrected chi connectivity index (χ0v) is 9.30. The molecule has 2 rings (SSSR count). The van der Waals surface area contributed by atoms with E-state index < -0.39 is 7.14 Å². The van der Waals surface area contributed by atoms with Crippen molar-refractivity contribution in [3.8, 4) is 5.75 Å². The lowest BCUT2D eigenvalue weighted by Crippen LogP contribution is -2.05. The van der Waals surface area contributed by atoms with Gasteiger partial charge < -0.3 is 9.30 Å². The molecule has 3 heteroatoms. The summed E-state index contributed by atoms with van der Waals surface area (Å²) in [5, 5.41) is 1.02. The van der Waals surface area contributed by atoms with Crippen LogP contribution in [0.25, 0.3) is 0 Å². The Bertz CT molecular complexity index is 346. The molecular weight excluding hydrogens is 195 g/mol. The lowest BCUT2D eigenvalue weighted by Gasteiger charge is -2.11. The van der Waals surface area contributed by atoms with E-state index >= 15 is 0 Å². The Morgan fingerprint density at radius 1 is 1.14 bits per heavy atom. The fourth-order valence-electron chi connectivity index (χ4n) is 1.96. The molecule has 0 aliphatic carbocycles. The van der Waals surface area contributed by atoms with Gasteiger partial charge in [-0.05, 0) is 37.1 Å². The molecule has 1 aliphatic heterocycles. The maximum Gasteiger partial charge on any atom is 0.118 e. The van der Waals surface area contributed by atoms with E-state index in [1.54, 1.807) is 7.11 Å². The third kappa shape index (κ3) is 1.72. The number of ether oxygens (including phenoxy) is 1. The van der Waals surface area contributed by atoms with Gasteiger partial charge in [0.15, 0.2) is 0 Å². The highest BCUT2D eigenvalue weighted by Crippen LogP contribution is 2.50. The first kappa shape index (κ1) is 9.79. The Morgan fingerprint density at radius 2 is 1.71 bits per heavy atom. The summed E-state index contributed by atoms with van der Waals surface area (Å²) < 4.78 is 17.4. The first-order chi connectivity index (χ1) is 6.74. The van der Waals surface area contributed by atoms with Crippen LogP contribution in [0.4, 0.5) is 0 Å². The van der Waals surface area contributed by atoms with E-state index in [-0.39, 0.29) is 0 Å². The maximum absolute atomic E-state index is 12.4. The van der Waals surface area contributed by atoms with Crippen LogP contribution in [0, 0.1) is 0 Å². The third-order valence-corrected chi connectivity index (χ3v) is 6.15. The molecule has 0 aromatic heterocycles. The van der Waals surface area contributed by atoms with Gasteiger partial charge in [0.05, 0.1) is 7.11 Å². The Hall–Kier alpha value is -0.750. The number of benzene rings is 1. The summed E-state index contributed by atoms with van der Waals surface area (Å²) in [6.07, 6.45) is 4.01. The van der Waals surface area contributed by atoms with Gasteiger partial charge in [-0.3, -0.25) is 0 Å². The molecule has 0 spiro atoms. The fraction of sp³-hybridized carbons (Fsp3) is 0.455. The lowest BCUT2D eigenvalue weighted by molar-refractivity contribution is 0.415. The Labute approximate surface area is 84.7 Å². The van der Waals surface area contributed by atoms with Gasteiger partial charge in [0.2, 0.25) is 0 Å². The molecule has 0 amide bonds. The van der Waals surface area contributed by atoms with E-state index in [1.807, 2.05) is 24.3 Å². The second kappa shape index (κ2) is 3.78. The summed E-state index contributed by atoms with van der Waals surface area (Å²) in [6, 6.07) is 7.69. The van der Waals surface area contributed by atoms with Gasteiger partial charge >= 0.3 is 0 Å². The van der Waals surface area contributed by atoms with Gasteiger partial charge in [-0.25, -0.2) is 0 Å². The van der Waals surface area contributed by atoms with Crippen LogP contribution in [0.1, 0.15) is 12.8 Å². The highest BCUT2D eigenvalue weighted by atomic mass is 31.2. The summed E-state index contributed by atoms with van der Waals surface area (Å²) >= 11 is 0.